The van der Waals surface area contributed by atoms with Crippen molar-refractivity contribution in [3.63, 3.8) is 0 Å². The molecule has 2 atom stereocenters. The summed E-state index contributed by atoms with van der Waals surface area (Å²) in [5.41, 5.74) is 5.96. The van der Waals surface area contributed by atoms with Gasteiger partial charge < -0.3 is 21.3 Å². The maximum absolute atomic E-state index is 12.3. The number of nitrogens with one attached hydrogen (secondary N) is 2. The Bertz CT molecular complexity index is 545. The minimum atomic E-state index is -0.206. The lowest BCUT2D eigenvalue weighted by Crippen LogP contribution is -2.42. The van der Waals surface area contributed by atoms with E-state index in [1.54, 1.807) is 16.6 Å². The van der Waals surface area contributed by atoms with E-state index in [-0.39, 0.29) is 23.8 Å². The summed E-state index contributed by atoms with van der Waals surface area (Å²) >= 11 is 0. The largest absolute Gasteiger partial charge is 0.354 e. The van der Waals surface area contributed by atoms with Gasteiger partial charge in [-0.3, -0.25) is 9.59 Å². The Balaban J connectivity index is 1.77. The van der Waals surface area contributed by atoms with Crippen molar-refractivity contribution in [2.45, 2.75) is 25.8 Å². The van der Waals surface area contributed by atoms with Crippen LogP contribution in [0.4, 0.5) is 5.95 Å². The van der Waals surface area contributed by atoms with Gasteiger partial charge in [0, 0.05) is 46.2 Å². The van der Waals surface area contributed by atoms with Gasteiger partial charge >= 0.3 is 0 Å². The highest BCUT2D eigenvalue weighted by Gasteiger charge is 2.27. The standard InChI is InChI=1S/C14H25N7O2/c1-10(22)21-7-11(3-4-12(15)8-21)13(23)16-5-6-17-14-18-9-19-20(14)2/h9,11-12H,3-8,15H2,1-2H3,(H,16,23)(H,17,18,19)/t11-,12+/m1/s1. The topological polar surface area (TPSA) is 118 Å². The molecule has 2 heterocycles. The van der Waals surface area contributed by atoms with Crippen LogP contribution in [0.3, 0.4) is 0 Å². The van der Waals surface area contributed by atoms with E-state index in [4.69, 9.17) is 5.73 Å². The van der Waals surface area contributed by atoms with Crippen LogP contribution in [-0.4, -0.2) is 63.7 Å². The second-order valence-electron chi connectivity index (χ2n) is 5.88. The molecule has 2 amide bonds. The Morgan fingerprint density at radius 3 is 2.78 bits per heavy atom. The highest BCUT2D eigenvalue weighted by atomic mass is 16.2. The third kappa shape index (κ3) is 4.92. The number of hydrogen-bond donors (Lipinski definition) is 3. The van der Waals surface area contributed by atoms with E-state index in [1.165, 1.54) is 13.3 Å². The van der Waals surface area contributed by atoms with Crippen LogP contribution < -0.4 is 16.4 Å². The van der Waals surface area contributed by atoms with Crippen LogP contribution in [0.1, 0.15) is 19.8 Å². The van der Waals surface area contributed by atoms with Crippen LogP contribution in [-0.2, 0) is 16.6 Å². The van der Waals surface area contributed by atoms with Gasteiger partial charge in [-0.05, 0) is 12.8 Å². The summed E-state index contributed by atoms with van der Waals surface area (Å²) in [4.78, 5) is 29.6. The molecule has 9 heteroatoms. The zero-order valence-electron chi connectivity index (χ0n) is 13.7. The van der Waals surface area contributed by atoms with Gasteiger partial charge in [0.25, 0.3) is 0 Å². The van der Waals surface area contributed by atoms with Crippen molar-refractivity contribution in [1.82, 2.24) is 25.0 Å². The summed E-state index contributed by atoms with van der Waals surface area (Å²) in [6, 6.07) is -0.0608. The molecule has 1 aromatic rings. The number of hydrogen-bond acceptors (Lipinski definition) is 6. The lowest BCUT2D eigenvalue weighted by molar-refractivity contribution is -0.131. The minimum absolute atomic E-state index is 0.0369. The molecule has 1 saturated heterocycles. The lowest BCUT2D eigenvalue weighted by atomic mass is 10.0. The molecule has 1 aromatic heterocycles. The quantitative estimate of drug-likeness (QED) is 0.594. The molecule has 2 rings (SSSR count). The molecule has 0 aromatic carbocycles. The fourth-order valence-electron chi connectivity index (χ4n) is 2.65. The Hall–Kier alpha value is -2.16. The molecule has 0 saturated carbocycles. The second kappa shape index (κ2) is 7.91. The predicted molar refractivity (Wildman–Crippen MR) is 85.5 cm³/mol. The Morgan fingerprint density at radius 2 is 2.13 bits per heavy atom. The van der Waals surface area contributed by atoms with E-state index in [1.807, 2.05) is 0 Å². The van der Waals surface area contributed by atoms with Gasteiger partial charge in [-0.25, -0.2) is 4.68 Å². The van der Waals surface area contributed by atoms with Crippen LogP contribution in [0, 0.1) is 5.92 Å². The summed E-state index contributed by atoms with van der Waals surface area (Å²) in [6.07, 6.45) is 2.92. The van der Waals surface area contributed by atoms with E-state index in [9.17, 15) is 9.59 Å². The molecular formula is C14H25N7O2. The third-order valence-corrected chi connectivity index (χ3v) is 4.02. The van der Waals surface area contributed by atoms with E-state index in [0.29, 0.717) is 38.5 Å². The molecule has 0 radical (unpaired) electrons. The van der Waals surface area contributed by atoms with Crippen LogP contribution in [0.5, 0.6) is 0 Å². The minimum Gasteiger partial charge on any atom is -0.354 e. The molecule has 1 aliphatic rings. The van der Waals surface area contributed by atoms with Crippen LogP contribution in [0.25, 0.3) is 0 Å². The third-order valence-electron chi connectivity index (χ3n) is 4.02. The fourth-order valence-corrected chi connectivity index (χ4v) is 2.65. The fraction of sp³-hybridized carbons (Fsp3) is 0.714. The van der Waals surface area contributed by atoms with Gasteiger partial charge in [0.15, 0.2) is 0 Å². The van der Waals surface area contributed by atoms with Crippen LogP contribution >= 0.6 is 0 Å². The van der Waals surface area contributed by atoms with Crippen molar-refractivity contribution >= 4 is 17.8 Å². The molecule has 0 spiro atoms. The first kappa shape index (κ1) is 17.2. The summed E-state index contributed by atoms with van der Waals surface area (Å²) in [5.74, 6) is 0.374. The van der Waals surface area contributed by atoms with Crippen molar-refractivity contribution < 1.29 is 9.59 Å². The van der Waals surface area contributed by atoms with Crippen molar-refractivity contribution in [3.05, 3.63) is 6.33 Å². The first-order chi connectivity index (χ1) is 11.0. The summed E-state index contributed by atoms with van der Waals surface area (Å²) in [6.45, 7) is 3.51. The van der Waals surface area contributed by atoms with Crippen LogP contribution in [0.15, 0.2) is 6.33 Å². The molecule has 128 valence electrons. The Morgan fingerprint density at radius 1 is 1.35 bits per heavy atom. The maximum Gasteiger partial charge on any atom is 0.224 e. The van der Waals surface area contributed by atoms with Crippen molar-refractivity contribution in [2.75, 3.05) is 31.5 Å². The number of aryl methyl sites for hydroxylation is 1. The number of anilines is 1. The first-order valence-corrected chi connectivity index (χ1v) is 7.84. The number of nitrogens with zero attached hydrogens (tertiary/aromatic N) is 4. The van der Waals surface area contributed by atoms with Gasteiger partial charge in [-0.1, -0.05) is 0 Å². The first-order valence-electron chi connectivity index (χ1n) is 7.84. The van der Waals surface area contributed by atoms with Crippen LogP contribution in [0.2, 0.25) is 0 Å². The molecule has 1 aliphatic heterocycles. The zero-order valence-corrected chi connectivity index (χ0v) is 13.7. The summed E-state index contributed by atoms with van der Waals surface area (Å²) < 4.78 is 1.62. The average Bonchev–Trinajstić information content (AvgIpc) is 2.79. The average molecular weight is 323 g/mol. The van der Waals surface area contributed by atoms with Crippen molar-refractivity contribution in [2.24, 2.45) is 18.7 Å². The molecule has 4 N–H and O–H groups in total. The number of carbonyl (C=O) groups excluding carboxylic acids is 2. The molecule has 0 unspecified atom stereocenters. The normalized spacial score (nSPS) is 21.6. The van der Waals surface area contributed by atoms with E-state index >= 15 is 0 Å². The summed E-state index contributed by atoms with van der Waals surface area (Å²) in [5, 5.41) is 9.94. The SMILES string of the molecule is CC(=O)N1C[C@@H](N)CC[C@@H](C(=O)NCCNc2ncnn2C)C1. The van der Waals surface area contributed by atoms with E-state index < -0.39 is 0 Å². The van der Waals surface area contributed by atoms with Crippen molar-refractivity contribution in [3.8, 4) is 0 Å². The Kier molecular flexibility index (Phi) is 5.91. The van der Waals surface area contributed by atoms with Gasteiger partial charge in [0.1, 0.15) is 6.33 Å². The molecule has 0 aliphatic carbocycles. The molecule has 0 bridgehead atoms. The molecule has 9 nitrogen and oxygen atoms in total. The monoisotopic (exact) mass is 323 g/mol. The zero-order chi connectivity index (χ0) is 16.8. The number of carbonyl (C=O) groups is 2. The number of likely N-dealkylation sites (tertiary alicyclic amines) is 1. The summed E-state index contributed by atoms with van der Waals surface area (Å²) in [7, 11) is 1.79. The van der Waals surface area contributed by atoms with Gasteiger partial charge in [-0.15, -0.1) is 0 Å². The van der Waals surface area contributed by atoms with Crippen molar-refractivity contribution in [1.29, 1.82) is 0 Å². The number of aromatic nitrogens is 3. The highest BCUT2D eigenvalue weighted by molar-refractivity contribution is 5.80. The van der Waals surface area contributed by atoms with E-state index in [0.717, 1.165) is 6.42 Å². The molecular weight excluding hydrogens is 298 g/mol. The predicted octanol–water partition coefficient (Wildman–Crippen LogP) is -1.07. The molecule has 1 fully saturated rings. The van der Waals surface area contributed by atoms with Gasteiger partial charge in [-0.2, -0.15) is 10.1 Å². The Labute approximate surface area is 135 Å². The van der Waals surface area contributed by atoms with Gasteiger partial charge in [0.2, 0.25) is 17.8 Å². The lowest BCUT2D eigenvalue weighted by Gasteiger charge is -2.23. The number of nitrogens with two attached hydrogens (primary N) is 1. The van der Waals surface area contributed by atoms with Gasteiger partial charge in [0.05, 0.1) is 5.92 Å². The number of rotatable bonds is 5. The van der Waals surface area contributed by atoms with E-state index in [2.05, 4.69) is 20.7 Å². The smallest absolute Gasteiger partial charge is 0.224 e. The highest BCUT2D eigenvalue weighted by Crippen LogP contribution is 2.16. The number of amides is 2. The maximum atomic E-state index is 12.3. The second-order valence-corrected chi connectivity index (χ2v) is 5.88. The molecule has 23 heavy (non-hydrogen) atoms.